The van der Waals surface area contributed by atoms with Crippen molar-refractivity contribution in [1.29, 1.82) is 0 Å². The first-order valence-electron chi connectivity index (χ1n) is 11.8. The van der Waals surface area contributed by atoms with Crippen LogP contribution in [0.5, 0.6) is 0 Å². The summed E-state index contributed by atoms with van der Waals surface area (Å²) in [5.41, 5.74) is 2.48. The number of aliphatic carboxylic acids is 1. The maximum Gasteiger partial charge on any atom is 0.331 e. The van der Waals surface area contributed by atoms with Crippen LogP contribution in [0, 0.1) is 11.8 Å². The minimum atomic E-state index is -1.16. The van der Waals surface area contributed by atoms with Crippen molar-refractivity contribution in [3.05, 3.63) is 80.8 Å². The van der Waals surface area contributed by atoms with Gasteiger partial charge in [0.25, 0.3) is 0 Å². The van der Waals surface area contributed by atoms with Crippen LogP contribution in [0.4, 0.5) is 0 Å². The third-order valence-corrected chi connectivity index (χ3v) is 7.62. The molecule has 2 aromatic rings. The van der Waals surface area contributed by atoms with Crippen LogP contribution in [0.25, 0.3) is 0 Å². The molecule has 0 aliphatic rings. The lowest BCUT2D eigenvalue weighted by Crippen LogP contribution is -2.34. The van der Waals surface area contributed by atoms with Crippen LogP contribution >= 0.6 is 31.9 Å². The Morgan fingerprint density at radius 2 is 1.44 bits per heavy atom. The fraction of sp³-hybridized carbons (Fsp3) is 0.429. The van der Waals surface area contributed by atoms with Gasteiger partial charge in [0.05, 0.1) is 6.61 Å². The van der Waals surface area contributed by atoms with E-state index in [1.54, 1.807) is 0 Å². The lowest BCUT2D eigenvalue weighted by atomic mass is 9.64. The zero-order chi connectivity index (χ0) is 25.1. The number of hydrogen-bond acceptors (Lipinski definition) is 3. The topological polar surface area (TPSA) is 63.6 Å². The number of esters is 1. The predicted molar refractivity (Wildman–Crippen MR) is 144 cm³/mol. The van der Waals surface area contributed by atoms with E-state index in [2.05, 4.69) is 101 Å². The minimum absolute atomic E-state index is 0.134. The normalized spacial score (nSPS) is 13.6. The Balaban J connectivity index is 2.14. The van der Waals surface area contributed by atoms with Gasteiger partial charge >= 0.3 is 11.9 Å². The average Bonchev–Trinajstić information content (AvgIpc) is 2.80. The first-order valence-corrected chi connectivity index (χ1v) is 13.3. The number of benzene rings is 2. The van der Waals surface area contributed by atoms with E-state index in [1.165, 1.54) is 11.1 Å². The Hall–Kier alpha value is -1.92. The van der Waals surface area contributed by atoms with E-state index in [0.29, 0.717) is 18.4 Å². The number of carbonyl (C=O) groups excluding carboxylic acids is 1. The molecule has 0 bridgehead atoms. The van der Waals surface area contributed by atoms with Gasteiger partial charge in [0, 0.05) is 26.5 Å². The molecular formula is C28H34Br2O4. The van der Waals surface area contributed by atoms with Crippen molar-refractivity contribution in [3.8, 4) is 0 Å². The lowest BCUT2D eigenvalue weighted by Gasteiger charge is -2.40. The monoisotopic (exact) mass is 592 g/mol. The van der Waals surface area contributed by atoms with Crippen LogP contribution in [0.2, 0.25) is 0 Å². The summed E-state index contributed by atoms with van der Waals surface area (Å²) in [4.78, 5) is 22.1. The maximum atomic E-state index is 11.6. The van der Waals surface area contributed by atoms with E-state index >= 15 is 0 Å². The minimum Gasteiger partial charge on any atom is -0.478 e. The van der Waals surface area contributed by atoms with Crippen molar-refractivity contribution in [2.75, 3.05) is 6.61 Å². The van der Waals surface area contributed by atoms with Crippen LogP contribution < -0.4 is 0 Å². The molecule has 0 saturated carbocycles. The van der Waals surface area contributed by atoms with Crippen LogP contribution in [-0.2, 0) is 19.7 Å². The second-order valence-corrected chi connectivity index (χ2v) is 10.8. The summed E-state index contributed by atoms with van der Waals surface area (Å²) in [5, 5.41) is 8.60. The van der Waals surface area contributed by atoms with Crippen molar-refractivity contribution >= 4 is 43.8 Å². The van der Waals surface area contributed by atoms with Gasteiger partial charge in [-0.05, 0) is 66.5 Å². The fourth-order valence-corrected chi connectivity index (χ4v) is 5.01. The van der Waals surface area contributed by atoms with Gasteiger partial charge in [-0.3, -0.25) is 0 Å². The van der Waals surface area contributed by atoms with Crippen molar-refractivity contribution in [2.45, 2.75) is 58.3 Å². The van der Waals surface area contributed by atoms with Crippen molar-refractivity contribution in [1.82, 2.24) is 0 Å². The molecule has 2 atom stereocenters. The highest BCUT2D eigenvalue weighted by Crippen LogP contribution is 2.44. The summed E-state index contributed by atoms with van der Waals surface area (Å²) in [6.45, 7) is 7.07. The second kappa shape index (κ2) is 13.8. The molecule has 4 nitrogen and oxygen atoms in total. The molecule has 0 saturated heterocycles. The Labute approximate surface area is 220 Å². The highest BCUT2D eigenvalue weighted by atomic mass is 79.9. The van der Waals surface area contributed by atoms with Crippen molar-refractivity contribution < 1.29 is 19.4 Å². The summed E-state index contributed by atoms with van der Waals surface area (Å²) in [5.74, 6) is -0.943. The smallest absolute Gasteiger partial charge is 0.331 e. The van der Waals surface area contributed by atoms with Gasteiger partial charge < -0.3 is 9.84 Å². The van der Waals surface area contributed by atoms with Gasteiger partial charge in [-0.25, -0.2) is 9.59 Å². The molecule has 0 aliphatic carbocycles. The Morgan fingerprint density at radius 1 is 0.912 bits per heavy atom. The number of hydrogen-bond donors (Lipinski definition) is 1. The first kappa shape index (κ1) is 28.3. The maximum absolute atomic E-state index is 11.6. The molecule has 0 fully saturated rings. The molecule has 0 heterocycles. The van der Waals surface area contributed by atoms with Crippen LogP contribution in [0.1, 0.15) is 64.0 Å². The van der Waals surface area contributed by atoms with E-state index in [1.807, 2.05) is 0 Å². The number of carbonyl (C=O) groups is 2. The second-order valence-electron chi connectivity index (χ2n) is 9.01. The molecule has 0 radical (unpaired) electrons. The third kappa shape index (κ3) is 8.38. The molecule has 184 valence electrons. The van der Waals surface area contributed by atoms with E-state index in [9.17, 15) is 9.59 Å². The predicted octanol–water partition coefficient (Wildman–Crippen LogP) is 7.92. The number of carboxylic acids is 1. The fourth-order valence-electron chi connectivity index (χ4n) is 4.48. The summed E-state index contributed by atoms with van der Waals surface area (Å²) in [7, 11) is 0. The van der Waals surface area contributed by atoms with Gasteiger partial charge in [-0.2, -0.15) is 0 Å². The summed E-state index contributed by atoms with van der Waals surface area (Å²) < 4.78 is 7.29. The third-order valence-electron chi connectivity index (χ3n) is 6.57. The number of halogens is 2. The van der Waals surface area contributed by atoms with E-state index in [0.717, 1.165) is 53.2 Å². The van der Waals surface area contributed by atoms with Gasteiger partial charge in [-0.1, -0.05) is 89.7 Å². The molecule has 2 rings (SSSR count). The highest BCUT2D eigenvalue weighted by Gasteiger charge is 2.37. The molecule has 6 heteroatoms. The summed E-state index contributed by atoms with van der Waals surface area (Å²) >= 11 is 7.14. The van der Waals surface area contributed by atoms with Gasteiger partial charge in [0.1, 0.15) is 0 Å². The van der Waals surface area contributed by atoms with E-state index in [4.69, 9.17) is 9.84 Å². The van der Waals surface area contributed by atoms with Gasteiger partial charge in [-0.15, -0.1) is 0 Å². The molecule has 0 amide bonds. The quantitative estimate of drug-likeness (QED) is 0.189. The first-order chi connectivity index (χ1) is 16.2. The number of rotatable bonds is 13. The molecule has 1 N–H and O–H groups in total. The molecule has 0 aliphatic heterocycles. The SMILES string of the molecule is CCCC(CCC(C)CCOC(=O)/C=C\C(=O)O)C(C)(c1ccc(Br)cc1)c1ccc(Br)cc1. The van der Waals surface area contributed by atoms with Crippen molar-refractivity contribution in [3.63, 3.8) is 0 Å². The van der Waals surface area contributed by atoms with Crippen molar-refractivity contribution in [2.24, 2.45) is 11.8 Å². The molecule has 34 heavy (non-hydrogen) atoms. The molecule has 0 spiro atoms. The zero-order valence-electron chi connectivity index (χ0n) is 20.1. The Kier molecular flexibility index (Phi) is 11.5. The summed E-state index contributed by atoms with van der Waals surface area (Å²) in [6.07, 6.45) is 6.80. The molecule has 0 aromatic heterocycles. The lowest BCUT2D eigenvalue weighted by molar-refractivity contribution is -0.139. The average molecular weight is 594 g/mol. The van der Waals surface area contributed by atoms with E-state index in [-0.39, 0.29) is 5.41 Å². The summed E-state index contributed by atoms with van der Waals surface area (Å²) in [6, 6.07) is 17.4. The molecule has 2 unspecified atom stereocenters. The van der Waals surface area contributed by atoms with Crippen LogP contribution in [0.3, 0.4) is 0 Å². The highest BCUT2D eigenvalue weighted by molar-refractivity contribution is 9.10. The van der Waals surface area contributed by atoms with E-state index < -0.39 is 11.9 Å². The Bertz CT molecular complexity index is 906. The van der Waals surface area contributed by atoms with Gasteiger partial charge in [0.2, 0.25) is 0 Å². The van der Waals surface area contributed by atoms with Gasteiger partial charge in [0.15, 0.2) is 0 Å². The largest absolute Gasteiger partial charge is 0.478 e. The molecular weight excluding hydrogens is 560 g/mol. The molecule has 2 aromatic carbocycles. The standard InChI is InChI=1S/C28H34Br2O4/c1-4-5-21(7-6-20(2)18-19-34-27(33)17-16-26(31)32)28(3,22-8-12-24(29)13-9-22)23-10-14-25(30)15-11-23/h8-17,20-21H,4-7,18-19H2,1-3H3,(H,31,32)/b17-16-. The number of carboxylic acid groups (broad SMARTS) is 1. The zero-order valence-corrected chi connectivity index (χ0v) is 23.3. The Morgan fingerprint density at radius 3 is 1.91 bits per heavy atom. The van der Waals surface area contributed by atoms with Crippen LogP contribution in [-0.4, -0.2) is 23.7 Å². The number of ether oxygens (including phenoxy) is 1. The van der Waals surface area contributed by atoms with Crippen LogP contribution in [0.15, 0.2) is 69.6 Å².